The fourth-order valence-electron chi connectivity index (χ4n) is 1.58. The van der Waals surface area contributed by atoms with Crippen LogP contribution in [0.5, 0.6) is 0 Å². The van der Waals surface area contributed by atoms with Crippen LogP contribution < -0.4 is 5.63 Å². The van der Waals surface area contributed by atoms with Gasteiger partial charge in [-0.15, -0.1) is 0 Å². The summed E-state index contributed by atoms with van der Waals surface area (Å²) in [7, 11) is 0. The zero-order valence-electron chi connectivity index (χ0n) is 7.45. The van der Waals surface area contributed by atoms with Crippen molar-refractivity contribution in [3.05, 3.63) is 39.8 Å². The number of benzene rings is 1. The maximum absolute atomic E-state index is 11.2. The van der Waals surface area contributed by atoms with Crippen LogP contribution in [0.15, 0.2) is 33.7 Å². The van der Waals surface area contributed by atoms with Crippen LogP contribution in [0.1, 0.15) is 0 Å². The quantitative estimate of drug-likeness (QED) is 0.633. The first-order valence-corrected chi connectivity index (χ1v) is 4.69. The Hall–Kier alpha value is -1.81. The normalized spacial score (nSPS) is 11.3. The summed E-state index contributed by atoms with van der Waals surface area (Å²) in [5.41, 5.74) is 0.982. The van der Waals surface area contributed by atoms with Crippen LogP contribution in [0.4, 0.5) is 0 Å². The summed E-state index contributed by atoms with van der Waals surface area (Å²) in [5.74, 6) is 0. The van der Waals surface area contributed by atoms with Crippen molar-refractivity contribution < 1.29 is 4.52 Å². The Morgan fingerprint density at radius 1 is 1.33 bits per heavy atom. The van der Waals surface area contributed by atoms with Crippen LogP contribution in [0.25, 0.3) is 21.8 Å². The van der Waals surface area contributed by atoms with E-state index in [-0.39, 0.29) is 0 Å². The standard InChI is InChI=1S/C10H5ClN2O2/c11-5-1-2-8-6(3-5)9-7(4-12-8)10(14)15-13-9/h1-4,13H. The molecule has 0 aliphatic carbocycles. The van der Waals surface area contributed by atoms with E-state index in [1.54, 1.807) is 18.2 Å². The first-order chi connectivity index (χ1) is 7.25. The summed E-state index contributed by atoms with van der Waals surface area (Å²) in [6.45, 7) is 0. The minimum atomic E-state index is -0.417. The molecule has 0 saturated heterocycles. The van der Waals surface area contributed by atoms with E-state index in [2.05, 4.69) is 10.1 Å². The average molecular weight is 221 g/mol. The van der Waals surface area contributed by atoms with Crippen LogP contribution in [-0.4, -0.2) is 10.1 Å². The Balaban J connectivity index is 2.63. The van der Waals surface area contributed by atoms with Gasteiger partial charge in [0.15, 0.2) is 0 Å². The van der Waals surface area contributed by atoms with E-state index in [4.69, 9.17) is 16.1 Å². The fraction of sp³-hybridized carbons (Fsp3) is 0. The van der Waals surface area contributed by atoms with Crippen molar-refractivity contribution in [2.75, 3.05) is 0 Å². The number of rotatable bonds is 0. The highest BCUT2D eigenvalue weighted by Gasteiger charge is 2.08. The van der Waals surface area contributed by atoms with Crippen LogP contribution in [0, 0.1) is 0 Å². The Labute approximate surface area is 88.4 Å². The third-order valence-electron chi connectivity index (χ3n) is 2.30. The lowest BCUT2D eigenvalue weighted by Gasteiger charge is -1.97. The number of H-pyrrole nitrogens is 1. The van der Waals surface area contributed by atoms with Gasteiger partial charge < -0.3 is 4.52 Å². The van der Waals surface area contributed by atoms with E-state index in [0.717, 1.165) is 10.9 Å². The highest BCUT2D eigenvalue weighted by molar-refractivity contribution is 6.31. The molecule has 74 valence electrons. The Morgan fingerprint density at radius 2 is 2.20 bits per heavy atom. The molecule has 1 N–H and O–H groups in total. The van der Waals surface area contributed by atoms with Crippen LogP contribution in [0.3, 0.4) is 0 Å². The van der Waals surface area contributed by atoms with Gasteiger partial charge >= 0.3 is 5.63 Å². The topological polar surface area (TPSA) is 58.9 Å². The van der Waals surface area contributed by atoms with Crippen LogP contribution in [0.2, 0.25) is 5.02 Å². The molecule has 1 aromatic carbocycles. The van der Waals surface area contributed by atoms with Crippen molar-refractivity contribution in [1.29, 1.82) is 0 Å². The second-order valence-electron chi connectivity index (χ2n) is 3.20. The van der Waals surface area contributed by atoms with E-state index in [1.807, 2.05) is 0 Å². The maximum atomic E-state index is 11.2. The second kappa shape index (κ2) is 2.84. The summed E-state index contributed by atoms with van der Waals surface area (Å²) < 4.78 is 4.70. The molecule has 15 heavy (non-hydrogen) atoms. The molecule has 0 bridgehead atoms. The van der Waals surface area contributed by atoms with Gasteiger partial charge in [-0.05, 0) is 18.2 Å². The van der Waals surface area contributed by atoms with Gasteiger partial charge in [-0.3, -0.25) is 4.98 Å². The number of aromatic nitrogens is 2. The minimum Gasteiger partial charge on any atom is -0.338 e. The smallest absolute Gasteiger partial charge is 0.338 e. The molecule has 0 aliphatic rings. The Bertz CT molecular complexity index is 714. The zero-order valence-corrected chi connectivity index (χ0v) is 8.21. The molecular formula is C10H5ClN2O2. The first-order valence-electron chi connectivity index (χ1n) is 4.31. The van der Waals surface area contributed by atoms with Crippen molar-refractivity contribution in [2.24, 2.45) is 0 Å². The number of nitrogens with one attached hydrogen (secondary N) is 1. The van der Waals surface area contributed by atoms with Gasteiger partial charge in [0.25, 0.3) is 0 Å². The lowest BCUT2D eigenvalue weighted by atomic mass is 10.2. The summed E-state index contributed by atoms with van der Waals surface area (Å²) in [6.07, 6.45) is 1.49. The van der Waals surface area contributed by atoms with Crippen molar-refractivity contribution in [1.82, 2.24) is 10.1 Å². The molecule has 0 spiro atoms. The number of nitrogens with zero attached hydrogens (tertiary/aromatic N) is 1. The summed E-state index contributed by atoms with van der Waals surface area (Å²) in [6, 6.07) is 5.29. The van der Waals surface area contributed by atoms with Gasteiger partial charge in [0, 0.05) is 16.6 Å². The average Bonchev–Trinajstić information content (AvgIpc) is 2.61. The van der Waals surface area contributed by atoms with Gasteiger partial charge in [-0.25, -0.2) is 9.95 Å². The molecule has 0 radical (unpaired) electrons. The van der Waals surface area contributed by atoms with E-state index in [0.29, 0.717) is 15.9 Å². The fourth-order valence-corrected chi connectivity index (χ4v) is 1.75. The van der Waals surface area contributed by atoms with Crippen molar-refractivity contribution in [2.45, 2.75) is 0 Å². The number of hydrogen-bond donors (Lipinski definition) is 1. The number of fused-ring (bicyclic) bond motifs is 3. The minimum absolute atomic E-state index is 0.417. The monoisotopic (exact) mass is 220 g/mol. The van der Waals surface area contributed by atoms with Crippen LogP contribution >= 0.6 is 11.6 Å². The van der Waals surface area contributed by atoms with Crippen molar-refractivity contribution in [3.8, 4) is 0 Å². The predicted octanol–water partition coefficient (Wildman–Crippen LogP) is 2.32. The van der Waals surface area contributed by atoms with E-state index in [1.165, 1.54) is 6.20 Å². The lowest BCUT2D eigenvalue weighted by molar-refractivity contribution is 0.400. The molecule has 0 atom stereocenters. The molecule has 0 aliphatic heterocycles. The molecule has 5 heteroatoms. The number of aromatic amines is 1. The molecule has 3 rings (SSSR count). The van der Waals surface area contributed by atoms with Crippen molar-refractivity contribution in [3.63, 3.8) is 0 Å². The Kier molecular flexibility index (Phi) is 1.61. The molecular weight excluding hydrogens is 216 g/mol. The molecule has 3 aromatic rings. The van der Waals surface area contributed by atoms with Gasteiger partial charge in [0.05, 0.1) is 11.0 Å². The van der Waals surface area contributed by atoms with Gasteiger partial charge in [-0.1, -0.05) is 11.6 Å². The largest absolute Gasteiger partial charge is 0.366 e. The molecule has 2 aromatic heterocycles. The maximum Gasteiger partial charge on any atom is 0.366 e. The highest BCUT2D eigenvalue weighted by Crippen LogP contribution is 2.23. The third kappa shape index (κ3) is 1.15. The van der Waals surface area contributed by atoms with Gasteiger partial charge in [0.2, 0.25) is 0 Å². The summed E-state index contributed by atoms with van der Waals surface area (Å²) >= 11 is 5.88. The first kappa shape index (κ1) is 8.49. The summed E-state index contributed by atoms with van der Waals surface area (Å²) in [5, 5.41) is 4.39. The number of pyridine rings is 1. The molecule has 0 saturated carbocycles. The zero-order chi connectivity index (χ0) is 10.4. The third-order valence-corrected chi connectivity index (χ3v) is 2.53. The number of halogens is 1. The Morgan fingerprint density at radius 3 is 3.07 bits per heavy atom. The highest BCUT2D eigenvalue weighted by atomic mass is 35.5. The lowest BCUT2D eigenvalue weighted by Crippen LogP contribution is -1.91. The predicted molar refractivity (Wildman–Crippen MR) is 57.1 cm³/mol. The van der Waals surface area contributed by atoms with E-state index >= 15 is 0 Å². The SMILES string of the molecule is O=c1o[nH]c2c1cnc1ccc(Cl)cc12. The molecule has 2 heterocycles. The van der Waals surface area contributed by atoms with Gasteiger partial charge in [0.1, 0.15) is 5.39 Å². The molecule has 0 amide bonds. The van der Waals surface area contributed by atoms with E-state index < -0.39 is 5.63 Å². The molecule has 4 nitrogen and oxygen atoms in total. The molecule has 0 unspecified atom stereocenters. The second-order valence-corrected chi connectivity index (χ2v) is 3.64. The van der Waals surface area contributed by atoms with E-state index in [9.17, 15) is 4.79 Å². The van der Waals surface area contributed by atoms with Crippen LogP contribution in [-0.2, 0) is 0 Å². The molecule has 0 fully saturated rings. The van der Waals surface area contributed by atoms with Gasteiger partial charge in [-0.2, -0.15) is 0 Å². The van der Waals surface area contributed by atoms with Crippen molar-refractivity contribution >= 4 is 33.4 Å². The number of hydrogen-bond acceptors (Lipinski definition) is 3. The summed E-state index contributed by atoms with van der Waals surface area (Å²) in [4.78, 5) is 15.4.